The molecule has 2 rings (SSSR count). The molecule has 1 aliphatic heterocycles. The standard InChI is InChI=1S/C13H19N3O/c1-2-15-8-10-16(11-9-15)13(17)14-12-6-4-3-5-7-12/h3-7H,2,8-11H2,1H3,(H,14,17). The first-order valence-corrected chi connectivity index (χ1v) is 6.13. The van der Waals surface area contributed by atoms with Gasteiger partial charge in [-0.1, -0.05) is 25.1 Å². The van der Waals surface area contributed by atoms with Crippen LogP contribution in [0.4, 0.5) is 10.5 Å². The Morgan fingerprint density at radius 2 is 1.82 bits per heavy atom. The molecule has 0 atom stereocenters. The normalized spacial score (nSPS) is 16.9. The molecule has 0 aromatic heterocycles. The molecule has 0 bridgehead atoms. The maximum absolute atomic E-state index is 12.0. The third kappa shape index (κ3) is 3.20. The lowest BCUT2D eigenvalue weighted by Gasteiger charge is -2.33. The molecule has 2 amide bonds. The largest absolute Gasteiger partial charge is 0.322 e. The first kappa shape index (κ1) is 11.9. The van der Waals surface area contributed by atoms with Crippen molar-refractivity contribution in [3.8, 4) is 0 Å². The van der Waals surface area contributed by atoms with Crippen LogP contribution in [0.3, 0.4) is 0 Å². The molecule has 1 heterocycles. The van der Waals surface area contributed by atoms with Crippen molar-refractivity contribution in [3.05, 3.63) is 30.3 Å². The van der Waals surface area contributed by atoms with Gasteiger partial charge in [0.1, 0.15) is 0 Å². The molecule has 1 aromatic rings. The minimum Gasteiger partial charge on any atom is -0.322 e. The summed E-state index contributed by atoms with van der Waals surface area (Å²) in [6.45, 7) is 6.78. The molecule has 4 heteroatoms. The Morgan fingerprint density at radius 3 is 2.41 bits per heavy atom. The first-order valence-electron chi connectivity index (χ1n) is 6.13. The number of para-hydroxylation sites is 1. The summed E-state index contributed by atoms with van der Waals surface area (Å²) in [7, 11) is 0. The lowest BCUT2D eigenvalue weighted by molar-refractivity contribution is 0.151. The minimum atomic E-state index is 0.00644. The van der Waals surface area contributed by atoms with E-state index in [1.165, 1.54) is 0 Å². The Balaban J connectivity index is 1.85. The molecule has 1 aliphatic rings. The van der Waals surface area contributed by atoms with E-state index in [4.69, 9.17) is 0 Å². The number of carbonyl (C=O) groups excluding carboxylic acids is 1. The minimum absolute atomic E-state index is 0.00644. The van der Waals surface area contributed by atoms with Crippen LogP contribution in [0.1, 0.15) is 6.92 Å². The summed E-state index contributed by atoms with van der Waals surface area (Å²) in [4.78, 5) is 16.2. The number of anilines is 1. The Hall–Kier alpha value is -1.55. The van der Waals surface area contributed by atoms with Crippen LogP contribution in [0.25, 0.3) is 0 Å². The van der Waals surface area contributed by atoms with Gasteiger partial charge in [0.2, 0.25) is 0 Å². The van der Waals surface area contributed by atoms with Gasteiger partial charge in [-0.2, -0.15) is 0 Å². The monoisotopic (exact) mass is 233 g/mol. The molecular formula is C13H19N3O. The van der Waals surface area contributed by atoms with E-state index in [9.17, 15) is 4.79 Å². The second-order valence-corrected chi connectivity index (χ2v) is 4.22. The fourth-order valence-electron chi connectivity index (χ4n) is 1.99. The van der Waals surface area contributed by atoms with Crippen molar-refractivity contribution >= 4 is 11.7 Å². The van der Waals surface area contributed by atoms with E-state index < -0.39 is 0 Å². The summed E-state index contributed by atoms with van der Waals surface area (Å²) < 4.78 is 0. The Morgan fingerprint density at radius 1 is 1.18 bits per heavy atom. The summed E-state index contributed by atoms with van der Waals surface area (Å²) in [5.74, 6) is 0. The lowest BCUT2D eigenvalue weighted by atomic mass is 10.3. The van der Waals surface area contributed by atoms with E-state index in [2.05, 4.69) is 17.1 Å². The van der Waals surface area contributed by atoms with Gasteiger partial charge in [0, 0.05) is 31.9 Å². The second-order valence-electron chi connectivity index (χ2n) is 4.22. The number of hydrogen-bond acceptors (Lipinski definition) is 2. The Bertz CT molecular complexity index is 358. The number of hydrogen-bond donors (Lipinski definition) is 1. The van der Waals surface area contributed by atoms with Gasteiger partial charge >= 0.3 is 6.03 Å². The van der Waals surface area contributed by atoms with Crippen molar-refractivity contribution in [2.75, 3.05) is 38.0 Å². The molecule has 0 aliphatic carbocycles. The highest BCUT2D eigenvalue weighted by Gasteiger charge is 2.19. The SMILES string of the molecule is CCN1CCN(C(=O)Nc2ccccc2)CC1. The van der Waals surface area contributed by atoms with E-state index in [1.54, 1.807) is 0 Å². The van der Waals surface area contributed by atoms with E-state index in [0.29, 0.717) is 0 Å². The molecule has 1 saturated heterocycles. The molecule has 0 saturated carbocycles. The van der Waals surface area contributed by atoms with Gasteiger partial charge in [-0.15, -0.1) is 0 Å². The van der Waals surface area contributed by atoms with Crippen molar-refractivity contribution in [2.24, 2.45) is 0 Å². The van der Waals surface area contributed by atoms with Crippen LogP contribution in [-0.2, 0) is 0 Å². The summed E-state index contributed by atoms with van der Waals surface area (Å²) >= 11 is 0. The summed E-state index contributed by atoms with van der Waals surface area (Å²) in [5, 5.41) is 2.91. The van der Waals surface area contributed by atoms with Crippen molar-refractivity contribution in [1.82, 2.24) is 9.80 Å². The number of piperazine rings is 1. The van der Waals surface area contributed by atoms with E-state index in [1.807, 2.05) is 35.2 Å². The van der Waals surface area contributed by atoms with Crippen LogP contribution in [0.15, 0.2) is 30.3 Å². The quantitative estimate of drug-likeness (QED) is 0.846. The highest BCUT2D eigenvalue weighted by Crippen LogP contribution is 2.08. The van der Waals surface area contributed by atoms with Gasteiger partial charge in [-0.25, -0.2) is 4.79 Å². The zero-order valence-electron chi connectivity index (χ0n) is 10.2. The van der Waals surface area contributed by atoms with Crippen molar-refractivity contribution < 1.29 is 4.79 Å². The van der Waals surface area contributed by atoms with E-state index >= 15 is 0 Å². The van der Waals surface area contributed by atoms with Crippen molar-refractivity contribution in [3.63, 3.8) is 0 Å². The molecule has 1 aromatic carbocycles. The molecule has 92 valence electrons. The fourth-order valence-corrected chi connectivity index (χ4v) is 1.99. The number of nitrogens with one attached hydrogen (secondary N) is 1. The highest BCUT2D eigenvalue weighted by atomic mass is 16.2. The first-order chi connectivity index (χ1) is 8.29. The Labute approximate surface area is 102 Å². The molecule has 1 fully saturated rings. The third-order valence-corrected chi connectivity index (χ3v) is 3.13. The van der Waals surface area contributed by atoms with Crippen LogP contribution >= 0.6 is 0 Å². The smallest absolute Gasteiger partial charge is 0.321 e. The molecule has 0 radical (unpaired) electrons. The van der Waals surface area contributed by atoms with Gasteiger partial charge < -0.3 is 15.1 Å². The molecule has 17 heavy (non-hydrogen) atoms. The number of rotatable bonds is 2. The van der Waals surface area contributed by atoms with E-state index in [-0.39, 0.29) is 6.03 Å². The van der Waals surface area contributed by atoms with Crippen LogP contribution in [0.2, 0.25) is 0 Å². The predicted molar refractivity (Wildman–Crippen MR) is 69.1 cm³/mol. The van der Waals surface area contributed by atoms with Gasteiger partial charge in [-0.3, -0.25) is 0 Å². The van der Waals surface area contributed by atoms with Crippen molar-refractivity contribution in [1.29, 1.82) is 0 Å². The molecule has 0 spiro atoms. The number of amides is 2. The zero-order valence-corrected chi connectivity index (χ0v) is 10.2. The average molecular weight is 233 g/mol. The van der Waals surface area contributed by atoms with Gasteiger partial charge in [0.25, 0.3) is 0 Å². The van der Waals surface area contributed by atoms with Crippen molar-refractivity contribution in [2.45, 2.75) is 6.92 Å². The lowest BCUT2D eigenvalue weighted by Crippen LogP contribution is -2.49. The number of nitrogens with zero attached hydrogens (tertiary/aromatic N) is 2. The maximum Gasteiger partial charge on any atom is 0.321 e. The molecule has 1 N–H and O–H groups in total. The summed E-state index contributed by atoms with van der Waals surface area (Å²) in [6.07, 6.45) is 0. The highest BCUT2D eigenvalue weighted by molar-refractivity contribution is 5.89. The van der Waals surface area contributed by atoms with Crippen LogP contribution in [0, 0.1) is 0 Å². The van der Waals surface area contributed by atoms with Gasteiger partial charge in [0.05, 0.1) is 0 Å². The Kier molecular flexibility index (Phi) is 3.98. The van der Waals surface area contributed by atoms with Crippen LogP contribution in [0.5, 0.6) is 0 Å². The number of urea groups is 1. The van der Waals surface area contributed by atoms with Crippen LogP contribution in [-0.4, -0.2) is 48.6 Å². The third-order valence-electron chi connectivity index (χ3n) is 3.13. The average Bonchev–Trinajstić information content (AvgIpc) is 2.40. The predicted octanol–water partition coefficient (Wildman–Crippen LogP) is 1.86. The molecule has 0 unspecified atom stereocenters. The molecule has 4 nitrogen and oxygen atoms in total. The second kappa shape index (κ2) is 5.68. The number of likely N-dealkylation sites (N-methyl/N-ethyl adjacent to an activating group) is 1. The maximum atomic E-state index is 12.0. The van der Waals surface area contributed by atoms with Crippen LogP contribution < -0.4 is 5.32 Å². The fraction of sp³-hybridized carbons (Fsp3) is 0.462. The summed E-state index contributed by atoms with van der Waals surface area (Å²) in [5.41, 5.74) is 0.857. The molecular weight excluding hydrogens is 214 g/mol. The van der Waals surface area contributed by atoms with E-state index in [0.717, 1.165) is 38.4 Å². The van der Waals surface area contributed by atoms with Gasteiger partial charge in [0.15, 0.2) is 0 Å². The topological polar surface area (TPSA) is 35.6 Å². The number of carbonyl (C=O) groups is 1. The van der Waals surface area contributed by atoms with Gasteiger partial charge in [-0.05, 0) is 18.7 Å². The summed E-state index contributed by atoms with van der Waals surface area (Å²) in [6, 6.07) is 9.60. The number of benzene rings is 1. The zero-order chi connectivity index (χ0) is 12.1.